The van der Waals surface area contributed by atoms with Gasteiger partial charge in [0.1, 0.15) is 6.29 Å². The van der Waals surface area contributed by atoms with E-state index in [2.05, 4.69) is 34.0 Å². The average Bonchev–Trinajstić information content (AvgIpc) is 2.49. The molecule has 0 aliphatic carbocycles. The van der Waals surface area contributed by atoms with E-state index in [9.17, 15) is 4.79 Å². The first-order valence-electron chi connectivity index (χ1n) is 3.79. The fraction of sp³-hybridized carbons (Fsp3) is 0.222. The maximum absolute atomic E-state index is 10.6. The Bertz CT molecular complexity index is 324. The van der Waals surface area contributed by atoms with Gasteiger partial charge in [0.2, 0.25) is 0 Å². The van der Waals surface area contributed by atoms with Crippen LogP contribution in [0.3, 0.4) is 0 Å². The van der Waals surface area contributed by atoms with E-state index < -0.39 is 0 Å². The molecule has 2 nitrogen and oxygen atoms in total. The minimum atomic E-state index is -0.0882. The third-order valence-corrected chi connectivity index (χ3v) is 3.14. The van der Waals surface area contributed by atoms with Crippen LogP contribution in [0.25, 0.3) is 0 Å². The third kappa shape index (κ3) is 1.17. The molecule has 0 saturated heterocycles. The van der Waals surface area contributed by atoms with E-state index in [0.29, 0.717) is 0 Å². The highest BCUT2D eigenvalue weighted by atomic mass is 127. The van der Waals surface area contributed by atoms with E-state index in [1.807, 2.05) is 12.1 Å². The first kappa shape index (κ1) is 8.19. The number of carbonyl (C=O) groups excluding carboxylic acids is 1. The fourth-order valence-corrected chi connectivity index (χ4v) is 2.21. The van der Waals surface area contributed by atoms with Crippen LogP contribution < -0.4 is 5.32 Å². The predicted octanol–water partition coefficient (Wildman–Crippen LogP) is 1.63. The maximum Gasteiger partial charge on any atom is 0.141 e. The second-order valence-electron chi connectivity index (χ2n) is 2.80. The minimum absolute atomic E-state index is 0.0882. The van der Waals surface area contributed by atoms with Crippen LogP contribution in [-0.4, -0.2) is 6.29 Å². The second kappa shape index (κ2) is 3.14. The molecular formula is C9H8INO. The van der Waals surface area contributed by atoms with Gasteiger partial charge in [0, 0.05) is 10.1 Å². The van der Waals surface area contributed by atoms with Crippen molar-refractivity contribution < 1.29 is 4.79 Å². The smallest absolute Gasteiger partial charge is 0.141 e. The maximum atomic E-state index is 10.6. The Morgan fingerprint density at radius 3 is 3.17 bits per heavy atom. The van der Waals surface area contributed by atoms with Crippen molar-refractivity contribution in [1.82, 2.24) is 5.32 Å². The largest absolute Gasteiger partial charge is 0.301 e. The summed E-state index contributed by atoms with van der Waals surface area (Å²) in [6.07, 6.45) is 0.960. The van der Waals surface area contributed by atoms with Gasteiger partial charge in [-0.2, -0.15) is 0 Å². The molecular weight excluding hydrogens is 265 g/mol. The fourth-order valence-electron chi connectivity index (χ4n) is 1.50. The van der Waals surface area contributed by atoms with Crippen LogP contribution >= 0.6 is 22.6 Å². The lowest BCUT2D eigenvalue weighted by molar-refractivity contribution is -0.109. The predicted molar refractivity (Wildman–Crippen MR) is 54.8 cm³/mol. The standard InChI is InChI=1S/C9H8INO/c10-8-3-1-2-6-7(8)4-11-9(6)5-12/h1-3,5,9,11H,4H2. The Hall–Kier alpha value is -0.420. The van der Waals surface area contributed by atoms with Crippen molar-refractivity contribution >= 4 is 28.9 Å². The number of aldehydes is 1. The quantitative estimate of drug-likeness (QED) is 0.622. The number of hydrogen-bond acceptors (Lipinski definition) is 2. The SMILES string of the molecule is O=CC1NCc2c(I)cccc21. The van der Waals surface area contributed by atoms with Gasteiger partial charge >= 0.3 is 0 Å². The molecule has 1 aliphatic heterocycles. The molecule has 62 valence electrons. The lowest BCUT2D eigenvalue weighted by Crippen LogP contribution is -2.12. The number of fused-ring (bicyclic) bond motifs is 1. The van der Waals surface area contributed by atoms with Crippen molar-refractivity contribution in [3.8, 4) is 0 Å². The topological polar surface area (TPSA) is 29.1 Å². The summed E-state index contributed by atoms with van der Waals surface area (Å²) in [6.45, 7) is 0.817. The van der Waals surface area contributed by atoms with E-state index in [0.717, 1.165) is 18.4 Å². The molecule has 0 saturated carbocycles. The van der Waals surface area contributed by atoms with E-state index in [4.69, 9.17) is 0 Å². The van der Waals surface area contributed by atoms with Crippen molar-refractivity contribution in [3.05, 3.63) is 32.9 Å². The van der Waals surface area contributed by atoms with Crippen LogP contribution in [0, 0.1) is 3.57 Å². The van der Waals surface area contributed by atoms with Crippen molar-refractivity contribution in [2.24, 2.45) is 0 Å². The second-order valence-corrected chi connectivity index (χ2v) is 3.96. The third-order valence-electron chi connectivity index (χ3n) is 2.12. The number of rotatable bonds is 1. The zero-order valence-corrected chi connectivity index (χ0v) is 8.54. The molecule has 3 heteroatoms. The van der Waals surface area contributed by atoms with Crippen LogP contribution in [-0.2, 0) is 11.3 Å². The van der Waals surface area contributed by atoms with Crippen molar-refractivity contribution in [2.45, 2.75) is 12.6 Å². The van der Waals surface area contributed by atoms with Crippen molar-refractivity contribution in [2.75, 3.05) is 0 Å². The monoisotopic (exact) mass is 273 g/mol. The average molecular weight is 273 g/mol. The Balaban J connectivity index is 2.52. The van der Waals surface area contributed by atoms with E-state index in [1.165, 1.54) is 9.13 Å². The van der Waals surface area contributed by atoms with Gasteiger partial charge in [0.05, 0.1) is 6.04 Å². The molecule has 12 heavy (non-hydrogen) atoms. The molecule has 1 N–H and O–H groups in total. The molecule has 1 aromatic carbocycles. The molecule has 1 aliphatic rings. The van der Waals surface area contributed by atoms with E-state index in [-0.39, 0.29) is 6.04 Å². The van der Waals surface area contributed by atoms with Crippen LogP contribution in [0.5, 0.6) is 0 Å². The van der Waals surface area contributed by atoms with Crippen molar-refractivity contribution in [1.29, 1.82) is 0 Å². The van der Waals surface area contributed by atoms with Crippen LogP contribution in [0.4, 0.5) is 0 Å². The number of halogens is 1. The molecule has 0 bridgehead atoms. The van der Waals surface area contributed by atoms with Crippen molar-refractivity contribution in [3.63, 3.8) is 0 Å². The highest BCUT2D eigenvalue weighted by Gasteiger charge is 2.21. The molecule has 1 unspecified atom stereocenters. The Kier molecular flexibility index (Phi) is 2.14. The zero-order chi connectivity index (χ0) is 8.55. The summed E-state index contributed by atoms with van der Waals surface area (Å²) in [5.74, 6) is 0. The van der Waals surface area contributed by atoms with Gasteiger partial charge in [-0.15, -0.1) is 0 Å². The first-order valence-corrected chi connectivity index (χ1v) is 4.87. The lowest BCUT2D eigenvalue weighted by atomic mass is 10.1. The summed E-state index contributed by atoms with van der Waals surface area (Å²) >= 11 is 2.30. The molecule has 1 atom stereocenters. The Labute approximate surface area is 84.5 Å². The Morgan fingerprint density at radius 1 is 1.58 bits per heavy atom. The first-order chi connectivity index (χ1) is 5.83. The van der Waals surface area contributed by atoms with Gasteiger partial charge in [-0.3, -0.25) is 5.32 Å². The summed E-state index contributed by atoms with van der Waals surface area (Å²) < 4.78 is 1.24. The molecule has 1 heterocycles. The number of benzene rings is 1. The van der Waals surface area contributed by atoms with Crippen LogP contribution in [0.1, 0.15) is 17.2 Å². The molecule has 0 aromatic heterocycles. The van der Waals surface area contributed by atoms with Gasteiger partial charge in [-0.05, 0) is 39.8 Å². The van der Waals surface area contributed by atoms with Crippen LogP contribution in [0.2, 0.25) is 0 Å². The summed E-state index contributed by atoms with van der Waals surface area (Å²) in [7, 11) is 0. The Morgan fingerprint density at radius 2 is 2.42 bits per heavy atom. The van der Waals surface area contributed by atoms with Gasteiger partial charge in [-0.1, -0.05) is 12.1 Å². The number of hydrogen-bond donors (Lipinski definition) is 1. The van der Waals surface area contributed by atoms with Gasteiger partial charge in [-0.25, -0.2) is 0 Å². The normalized spacial score (nSPS) is 20.6. The molecule has 0 fully saturated rings. The zero-order valence-electron chi connectivity index (χ0n) is 6.38. The van der Waals surface area contributed by atoms with Gasteiger partial charge in [0.15, 0.2) is 0 Å². The molecule has 0 radical (unpaired) electrons. The van der Waals surface area contributed by atoms with E-state index >= 15 is 0 Å². The van der Waals surface area contributed by atoms with Gasteiger partial charge < -0.3 is 4.79 Å². The highest BCUT2D eigenvalue weighted by molar-refractivity contribution is 14.1. The molecule has 1 aromatic rings. The summed E-state index contributed by atoms with van der Waals surface area (Å²) in [4.78, 5) is 10.6. The number of carbonyl (C=O) groups is 1. The highest BCUT2D eigenvalue weighted by Crippen LogP contribution is 2.27. The lowest BCUT2D eigenvalue weighted by Gasteiger charge is -2.02. The molecule has 2 rings (SSSR count). The van der Waals surface area contributed by atoms with Crippen LogP contribution in [0.15, 0.2) is 18.2 Å². The number of nitrogens with one attached hydrogen (secondary N) is 1. The summed E-state index contributed by atoms with van der Waals surface area (Å²) in [5.41, 5.74) is 2.41. The van der Waals surface area contributed by atoms with E-state index in [1.54, 1.807) is 0 Å². The summed E-state index contributed by atoms with van der Waals surface area (Å²) in [5, 5.41) is 3.14. The summed E-state index contributed by atoms with van der Waals surface area (Å²) in [6, 6.07) is 5.98. The van der Waals surface area contributed by atoms with Gasteiger partial charge in [0.25, 0.3) is 0 Å². The minimum Gasteiger partial charge on any atom is -0.301 e. The molecule has 0 amide bonds. The molecule has 0 spiro atoms.